The van der Waals surface area contributed by atoms with E-state index in [9.17, 15) is 4.39 Å². The Kier molecular flexibility index (Phi) is 4.93. The van der Waals surface area contributed by atoms with Crippen molar-refractivity contribution in [3.63, 3.8) is 0 Å². The monoisotopic (exact) mass is 276 g/mol. The van der Waals surface area contributed by atoms with E-state index >= 15 is 0 Å². The van der Waals surface area contributed by atoms with E-state index in [1.807, 2.05) is 25.1 Å². The Hall–Kier alpha value is -1.39. The summed E-state index contributed by atoms with van der Waals surface area (Å²) in [5.74, 6) is -0.177. The van der Waals surface area contributed by atoms with Gasteiger partial charge in [0.2, 0.25) is 0 Å². The van der Waals surface area contributed by atoms with E-state index in [-0.39, 0.29) is 11.9 Å². The Morgan fingerprint density at radius 1 is 1.26 bits per heavy atom. The van der Waals surface area contributed by atoms with Crippen molar-refractivity contribution in [1.29, 1.82) is 0 Å². The third-order valence-corrected chi connectivity index (χ3v) is 3.99. The van der Waals surface area contributed by atoms with Crippen LogP contribution < -0.4 is 5.32 Å². The first kappa shape index (κ1) is 14.0. The second-order valence-corrected chi connectivity index (χ2v) is 5.31. The Morgan fingerprint density at radius 2 is 2.00 bits per heavy atom. The molecule has 4 heteroatoms. The van der Waals surface area contributed by atoms with E-state index in [0.29, 0.717) is 4.90 Å². The lowest BCUT2D eigenvalue weighted by atomic mass is 10.1. The zero-order valence-corrected chi connectivity index (χ0v) is 11.9. The first-order chi connectivity index (χ1) is 9.22. The quantitative estimate of drug-likeness (QED) is 0.892. The molecule has 1 heterocycles. The second-order valence-electron chi connectivity index (χ2n) is 4.22. The van der Waals surface area contributed by atoms with Gasteiger partial charge in [0.25, 0.3) is 0 Å². The minimum absolute atomic E-state index is 0.130. The Balaban J connectivity index is 2.33. The molecule has 0 aliphatic heterocycles. The molecule has 1 atom stereocenters. The van der Waals surface area contributed by atoms with Crippen LogP contribution in [0.25, 0.3) is 0 Å². The number of rotatable bonds is 5. The number of aromatic nitrogens is 1. The highest BCUT2D eigenvalue weighted by molar-refractivity contribution is 7.99. The summed E-state index contributed by atoms with van der Waals surface area (Å²) in [6.07, 6.45) is 3.44. The van der Waals surface area contributed by atoms with Gasteiger partial charge in [-0.3, -0.25) is 4.98 Å². The maximum Gasteiger partial charge on any atom is 0.137 e. The summed E-state index contributed by atoms with van der Waals surface area (Å²) in [5.41, 5.74) is 0.990. The summed E-state index contributed by atoms with van der Waals surface area (Å²) >= 11 is 1.44. The normalized spacial score (nSPS) is 12.4. The minimum atomic E-state index is -0.177. The number of benzene rings is 1. The molecule has 0 fully saturated rings. The fourth-order valence-electron chi connectivity index (χ4n) is 1.91. The van der Waals surface area contributed by atoms with E-state index in [1.54, 1.807) is 18.5 Å². The van der Waals surface area contributed by atoms with E-state index in [1.165, 1.54) is 17.8 Å². The Bertz CT molecular complexity index is 531. The smallest absolute Gasteiger partial charge is 0.137 e. The summed E-state index contributed by atoms with van der Waals surface area (Å²) in [5, 5.41) is 3.32. The van der Waals surface area contributed by atoms with Crippen molar-refractivity contribution in [3.05, 3.63) is 54.1 Å². The number of halogens is 1. The van der Waals surface area contributed by atoms with Crippen molar-refractivity contribution >= 4 is 11.8 Å². The van der Waals surface area contributed by atoms with Gasteiger partial charge in [-0.2, -0.15) is 0 Å². The number of pyridine rings is 1. The first-order valence-corrected chi connectivity index (χ1v) is 7.13. The molecule has 0 radical (unpaired) electrons. The van der Waals surface area contributed by atoms with Crippen LogP contribution in [-0.2, 0) is 0 Å². The molecular formula is C15H17FN2S. The molecule has 1 aromatic heterocycles. The van der Waals surface area contributed by atoms with Gasteiger partial charge in [-0.05, 0) is 37.2 Å². The molecule has 1 unspecified atom stereocenters. The lowest BCUT2D eigenvalue weighted by molar-refractivity contribution is 0.558. The zero-order valence-electron chi connectivity index (χ0n) is 11.1. The molecular weight excluding hydrogens is 259 g/mol. The van der Waals surface area contributed by atoms with Gasteiger partial charge in [0.1, 0.15) is 5.82 Å². The van der Waals surface area contributed by atoms with Crippen LogP contribution >= 0.6 is 11.8 Å². The fourth-order valence-corrected chi connectivity index (χ4v) is 2.94. The topological polar surface area (TPSA) is 24.9 Å². The van der Waals surface area contributed by atoms with Crippen LogP contribution in [0.4, 0.5) is 4.39 Å². The SMILES string of the molecule is CCNC(C)c1cccc(F)c1Sc1ccncc1. The Labute approximate surface area is 117 Å². The maximum absolute atomic E-state index is 14.1. The zero-order chi connectivity index (χ0) is 13.7. The van der Waals surface area contributed by atoms with Crippen LogP contribution in [0.15, 0.2) is 52.5 Å². The predicted octanol–water partition coefficient (Wildman–Crippen LogP) is 4.04. The third kappa shape index (κ3) is 3.55. The van der Waals surface area contributed by atoms with E-state index in [4.69, 9.17) is 0 Å². The highest BCUT2D eigenvalue weighted by Crippen LogP contribution is 2.35. The van der Waals surface area contributed by atoms with Gasteiger partial charge < -0.3 is 5.32 Å². The molecule has 1 N–H and O–H groups in total. The highest BCUT2D eigenvalue weighted by atomic mass is 32.2. The van der Waals surface area contributed by atoms with Gasteiger partial charge in [0, 0.05) is 23.3 Å². The summed E-state index contributed by atoms with van der Waals surface area (Å²) in [6, 6.07) is 9.14. The fraction of sp³-hybridized carbons (Fsp3) is 0.267. The number of hydrogen-bond acceptors (Lipinski definition) is 3. The largest absolute Gasteiger partial charge is 0.310 e. The number of nitrogens with zero attached hydrogens (tertiary/aromatic N) is 1. The summed E-state index contributed by atoms with van der Waals surface area (Å²) in [7, 11) is 0. The second kappa shape index (κ2) is 6.68. The lowest BCUT2D eigenvalue weighted by Gasteiger charge is -2.17. The predicted molar refractivity (Wildman–Crippen MR) is 76.9 cm³/mol. The molecule has 0 bridgehead atoms. The average molecular weight is 276 g/mol. The van der Waals surface area contributed by atoms with Gasteiger partial charge in [-0.1, -0.05) is 30.8 Å². The molecule has 0 spiro atoms. The lowest BCUT2D eigenvalue weighted by Crippen LogP contribution is -2.18. The van der Waals surface area contributed by atoms with Crippen LogP contribution in [0.3, 0.4) is 0 Å². The number of hydrogen-bond donors (Lipinski definition) is 1. The molecule has 2 aromatic rings. The average Bonchev–Trinajstić information content (AvgIpc) is 2.42. The van der Waals surface area contributed by atoms with Gasteiger partial charge in [-0.25, -0.2) is 4.39 Å². The third-order valence-electron chi connectivity index (χ3n) is 2.84. The molecule has 19 heavy (non-hydrogen) atoms. The van der Waals surface area contributed by atoms with Crippen LogP contribution in [-0.4, -0.2) is 11.5 Å². The minimum Gasteiger partial charge on any atom is -0.310 e. The maximum atomic E-state index is 14.1. The molecule has 0 amide bonds. The van der Waals surface area contributed by atoms with Crippen molar-refractivity contribution in [3.8, 4) is 0 Å². The van der Waals surface area contributed by atoms with Crippen LogP contribution in [0.1, 0.15) is 25.5 Å². The summed E-state index contributed by atoms with van der Waals surface area (Å²) in [4.78, 5) is 5.65. The van der Waals surface area contributed by atoms with Crippen LogP contribution in [0, 0.1) is 5.82 Å². The van der Waals surface area contributed by atoms with E-state index in [0.717, 1.165) is 17.0 Å². The van der Waals surface area contributed by atoms with Crippen molar-refractivity contribution in [2.45, 2.75) is 29.7 Å². The van der Waals surface area contributed by atoms with Crippen LogP contribution in [0.2, 0.25) is 0 Å². The molecule has 2 rings (SSSR count). The van der Waals surface area contributed by atoms with E-state index < -0.39 is 0 Å². The molecule has 0 saturated carbocycles. The molecule has 0 aliphatic carbocycles. The molecule has 0 aliphatic rings. The summed E-state index contributed by atoms with van der Waals surface area (Å²) in [6.45, 7) is 4.96. The van der Waals surface area contributed by atoms with Gasteiger partial charge in [-0.15, -0.1) is 0 Å². The highest BCUT2D eigenvalue weighted by Gasteiger charge is 2.14. The Morgan fingerprint density at radius 3 is 2.68 bits per heavy atom. The van der Waals surface area contributed by atoms with Gasteiger partial charge in [0.05, 0.1) is 4.90 Å². The molecule has 1 aromatic carbocycles. The molecule has 100 valence electrons. The van der Waals surface area contributed by atoms with Crippen molar-refractivity contribution in [2.75, 3.05) is 6.54 Å². The van der Waals surface area contributed by atoms with E-state index in [2.05, 4.69) is 17.2 Å². The van der Waals surface area contributed by atoms with Crippen LogP contribution in [0.5, 0.6) is 0 Å². The van der Waals surface area contributed by atoms with Gasteiger partial charge in [0.15, 0.2) is 0 Å². The van der Waals surface area contributed by atoms with Crippen molar-refractivity contribution < 1.29 is 4.39 Å². The first-order valence-electron chi connectivity index (χ1n) is 6.32. The summed E-state index contributed by atoms with van der Waals surface area (Å²) < 4.78 is 14.1. The van der Waals surface area contributed by atoms with Crippen molar-refractivity contribution in [2.24, 2.45) is 0 Å². The standard InChI is InChI=1S/C15H17FN2S/c1-3-18-11(2)13-5-4-6-14(16)15(13)19-12-7-9-17-10-8-12/h4-11,18H,3H2,1-2H3. The molecule has 2 nitrogen and oxygen atoms in total. The van der Waals surface area contributed by atoms with Gasteiger partial charge >= 0.3 is 0 Å². The number of nitrogens with one attached hydrogen (secondary N) is 1. The molecule has 0 saturated heterocycles. The van der Waals surface area contributed by atoms with Crippen molar-refractivity contribution in [1.82, 2.24) is 10.3 Å².